The van der Waals surface area contributed by atoms with Crippen LogP contribution >= 0.6 is 0 Å². The molecule has 1 aromatic carbocycles. The van der Waals surface area contributed by atoms with Gasteiger partial charge in [0.2, 0.25) is 0 Å². The fourth-order valence-electron chi connectivity index (χ4n) is 2.36. The Hall–Kier alpha value is -1.99. The third-order valence-electron chi connectivity index (χ3n) is 3.33. The van der Waals surface area contributed by atoms with Gasteiger partial charge in [-0.15, -0.1) is 6.42 Å². The van der Waals surface area contributed by atoms with Crippen molar-refractivity contribution in [1.29, 1.82) is 0 Å². The topological polar surface area (TPSA) is 38.8 Å². The Morgan fingerprint density at radius 2 is 2.05 bits per heavy atom. The highest BCUT2D eigenvalue weighted by Crippen LogP contribution is 2.32. The summed E-state index contributed by atoms with van der Waals surface area (Å²) < 4.78 is 11.0. The van der Waals surface area contributed by atoms with Crippen molar-refractivity contribution in [2.75, 3.05) is 19.8 Å². The van der Waals surface area contributed by atoms with Crippen molar-refractivity contribution >= 4 is 6.09 Å². The van der Waals surface area contributed by atoms with Gasteiger partial charge in [-0.25, -0.2) is 4.79 Å². The molecule has 1 saturated heterocycles. The van der Waals surface area contributed by atoms with Crippen molar-refractivity contribution < 1.29 is 14.3 Å². The Morgan fingerprint density at radius 3 is 2.62 bits per heavy atom. The van der Waals surface area contributed by atoms with Crippen molar-refractivity contribution in [3.63, 3.8) is 0 Å². The van der Waals surface area contributed by atoms with Gasteiger partial charge in [-0.2, -0.15) is 0 Å². The molecule has 21 heavy (non-hydrogen) atoms. The molecular formula is C17H21NO3. The van der Waals surface area contributed by atoms with E-state index in [2.05, 4.69) is 5.92 Å². The summed E-state index contributed by atoms with van der Waals surface area (Å²) in [6.07, 6.45) is 5.37. The highest BCUT2D eigenvalue weighted by Gasteiger charge is 2.44. The number of hydrogen-bond donors (Lipinski definition) is 0. The molecule has 0 aromatic heterocycles. The maximum absolute atomic E-state index is 12.5. The lowest BCUT2D eigenvalue weighted by atomic mass is 9.89. The molecule has 1 heterocycles. The van der Waals surface area contributed by atoms with E-state index in [0.29, 0.717) is 13.2 Å². The summed E-state index contributed by atoms with van der Waals surface area (Å²) in [5.41, 5.74) is -0.619. The van der Waals surface area contributed by atoms with Crippen molar-refractivity contribution in [2.24, 2.45) is 0 Å². The lowest BCUT2D eigenvalue weighted by Gasteiger charge is -2.43. The summed E-state index contributed by atoms with van der Waals surface area (Å²) in [5.74, 6) is 2.75. The van der Waals surface area contributed by atoms with E-state index in [1.807, 2.05) is 51.1 Å². The van der Waals surface area contributed by atoms with Crippen molar-refractivity contribution in [2.45, 2.75) is 31.9 Å². The Kier molecular flexibility index (Phi) is 4.24. The molecule has 4 heteroatoms. The van der Waals surface area contributed by atoms with Gasteiger partial charge < -0.3 is 9.47 Å². The smallest absolute Gasteiger partial charge is 0.411 e. The Morgan fingerprint density at radius 1 is 1.38 bits per heavy atom. The summed E-state index contributed by atoms with van der Waals surface area (Å²) >= 11 is 0. The van der Waals surface area contributed by atoms with Crippen LogP contribution in [0.25, 0.3) is 0 Å². The van der Waals surface area contributed by atoms with E-state index >= 15 is 0 Å². The summed E-state index contributed by atoms with van der Waals surface area (Å²) in [6.45, 7) is 6.65. The fourth-order valence-corrected chi connectivity index (χ4v) is 2.36. The second-order valence-electron chi connectivity index (χ2n) is 6.06. The Labute approximate surface area is 126 Å². The zero-order valence-corrected chi connectivity index (χ0v) is 12.8. The monoisotopic (exact) mass is 287 g/mol. The molecule has 1 aromatic rings. The van der Waals surface area contributed by atoms with Crippen molar-refractivity contribution in [3.8, 4) is 12.3 Å². The van der Waals surface area contributed by atoms with Crippen LogP contribution in [0.5, 0.6) is 0 Å². The largest absolute Gasteiger partial charge is 0.444 e. The second kappa shape index (κ2) is 5.79. The van der Waals surface area contributed by atoms with E-state index in [0.717, 1.165) is 5.56 Å². The number of amides is 1. The maximum atomic E-state index is 12.5. The molecule has 1 fully saturated rings. The molecule has 1 aliphatic rings. The van der Waals surface area contributed by atoms with Crippen LogP contribution in [0.3, 0.4) is 0 Å². The number of morpholine rings is 1. The lowest BCUT2D eigenvalue weighted by Crippen LogP contribution is -2.57. The molecule has 0 N–H and O–H groups in total. The molecule has 1 amide bonds. The number of terminal acetylenes is 1. The van der Waals surface area contributed by atoms with Gasteiger partial charge in [-0.3, -0.25) is 4.90 Å². The third kappa shape index (κ3) is 3.20. The standard InChI is InChI=1S/C17H21NO3/c1-5-17(14-9-7-6-8-10-14)13-20-12-11-18(17)15(19)21-16(2,3)4/h1,6-10H,11-13H2,2-4H3. The third-order valence-corrected chi connectivity index (χ3v) is 3.33. The van der Waals surface area contributed by atoms with Crippen LogP contribution in [0.4, 0.5) is 4.79 Å². The molecule has 112 valence electrons. The van der Waals surface area contributed by atoms with Crippen LogP contribution in [0.2, 0.25) is 0 Å². The quantitative estimate of drug-likeness (QED) is 0.746. The minimum Gasteiger partial charge on any atom is -0.444 e. The average molecular weight is 287 g/mol. The van der Waals surface area contributed by atoms with E-state index in [4.69, 9.17) is 15.9 Å². The van der Waals surface area contributed by atoms with Crippen molar-refractivity contribution in [3.05, 3.63) is 35.9 Å². The molecule has 0 saturated carbocycles. The van der Waals surface area contributed by atoms with E-state index in [1.165, 1.54) is 0 Å². The first kappa shape index (κ1) is 15.4. The van der Waals surface area contributed by atoms with Gasteiger partial charge in [0.15, 0.2) is 5.54 Å². The van der Waals surface area contributed by atoms with Gasteiger partial charge >= 0.3 is 6.09 Å². The van der Waals surface area contributed by atoms with Gasteiger partial charge in [0.25, 0.3) is 0 Å². The number of hydrogen-bond acceptors (Lipinski definition) is 3. The minimum absolute atomic E-state index is 0.271. The van der Waals surface area contributed by atoms with Crippen LogP contribution in [-0.2, 0) is 15.0 Å². The number of ether oxygens (including phenoxy) is 2. The van der Waals surface area contributed by atoms with Crippen LogP contribution < -0.4 is 0 Å². The van der Waals surface area contributed by atoms with Gasteiger partial charge in [0.05, 0.1) is 13.2 Å². The highest BCUT2D eigenvalue weighted by atomic mass is 16.6. The number of nitrogens with zero attached hydrogens (tertiary/aromatic N) is 1. The van der Waals surface area contributed by atoms with E-state index < -0.39 is 17.2 Å². The SMILES string of the molecule is C#CC1(c2ccccc2)COCCN1C(=O)OC(C)(C)C. The molecule has 0 aliphatic carbocycles. The predicted molar refractivity (Wildman–Crippen MR) is 80.7 cm³/mol. The van der Waals surface area contributed by atoms with Crippen LogP contribution in [-0.4, -0.2) is 36.4 Å². The Balaban J connectivity index is 2.38. The summed E-state index contributed by atoms with van der Waals surface area (Å²) in [4.78, 5) is 14.1. The molecule has 1 atom stereocenters. The molecular weight excluding hydrogens is 266 g/mol. The van der Waals surface area contributed by atoms with Crippen LogP contribution in [0.15, 0.2) is 30.3 Å². The predicted octanol–water partition coefficient (Wildman–Crippen LogP) is 2.78. The summed E-state index contributed by atoms with van der Waals surface area (Å²) in [5, 5.41) is 0. The number of benzene rings is 1. The summed E-state index contributed by atoms with van der Waals surface area (Å²) in [6, 6.07) is 9.53. The maximum Gasteiger partial charge on any atom is 0.411 e. The lowest BCUT2D eigenvalue weighted by molar-refractivity contribution is -0.0564. The van der Waals surface area contributed by atoms with Gasteiger partial charge in [0.1, 0.15) is 5.60 Å². The highest BCUT2D eigenvalue weighted by molar-refractivity contribution is 5.71. The molecule has 0 bridgehead atoms. The second-order valence-corrected chi connectivity index (χ2v) is 6.06. The number of carbonyl (C=O) groups excluding carboxylic acids is 1. The molecule has 0 radical (unpaired) electrons. The van der Waals surface area contributed by atoms with Gasteiger partial charge in [-0.05, 0) is 26.3 Å². The zero-order chi connectivity index (χ0) is 15.5. The van der Waals surface area contributed by atoms with Gasteiger partial charge in [0, 0.05) is 6.54 Å². The normalized spacial score (nSPS) is 22.5. The molecule has 1 unspecified atom stereocenters. The molecule has 1 aliphatic heterocycles. The molecule has 0 spiro atoms. The van der Waals surface area contributed by atoms with Crippen LogP contribution in [0, 0.1) is 12.3 Å². The fraction of sp³-hybridized carbons (Fsp3) is 0.471. The number of carbonyl (C=O) groups is 1. The molecule has 2 rings (SSSR count). The first-order valence-corrected chi connectivity index (χ1v) is 7.01. The minimum atomic E-state index is -0.915. The first-order valence-electron chi connectivity index (χ1n) is 7.01. The Bertz CT molecular complexity index is 541. The van der Waals surface area contributed by atoms with E-state index in [9.17, 15) is 4.79 Å². The van der Waals surface area contributed by atoms with E-state index in [1.54, 1.807) is 4.90 Å². The van der Waals surface area contributed by atoms with Gasteiger partial charge in [-0.1, -0.05) is 36.3 Å². The average Bonchev–Trinajstić information content (AvgIpc) is 2.46. The van der Waals surface area contributed by atoms with Crippen LogP contribution in [0.1, 0.15) is 26.3 Å². The van der Waals surface area contributed by atoms with Crippen molar-refractivity contribution in [1.82, 2.24) is 4.90 Å². The zero-order valence-electron chi connectivity index (χ0n) is 12.8. The first-order chi connectivity index (χ1) is 9.89. The van der Waals surface area contributed by atoms with E-state index in [-0.39, 0.29) is 6.61 Å². The number of rotatable bonds is 1. The molecule has 4 nitrogen and oxygen atoms in total. The summed E-state index contributed by atoms with van der Waals surface area (Å²) in [7, 11) is 0.